The number of rotatable bonds is 8. The Hall–Kier alpha value is -3.11. The van der Waals surface area contributed by atoms with E-state index in [2.05, 4.69) is 22.8 Å². The van der Waals surface area contributed by atoms with Crippen molar-refractivity contribution in [2.24, 2.45) is 0 Å². The Kier molecular flexibility index (Phi) is 6.38. The molecule has 0 radical (unpaired) electrons. The van der Waals surface area contributed by atoms with Crippen LogP contribution in [0.5, 0.6) is 0 Å². The van der Waals surface area contributed by atoms with E-state index in [1.807, 2.05) is 42.5 Å². The lowest BCUT2D eigenvalue weighted by Gasteiger charge is -2.16. The van der Waals surface area contributed by atoms with Gasteiger partial charge in [-0.15, -0.1) is 0 Å². The van der Waals surface area contributed by atoms with Gasteiger partial charge in [0.1, 0.15) is 0 Å². The van der Waals surface area contributed by atoms with Crippen LogP contribution in [0.2, 0.25) is 5.02 Å². The highest BCUT2D eigenvalue weighted by atomic mass is 35.5. The van der Waals surface area contributed by atoms with Gasteiger partial charge in [-0.3, -0.25) is 9.59 Å². The summed E-state index contributed by atoms with van der Waals surface area (Å²) in [5, 5.41) is 6.38. The second-order valence-electron chi connectivity index (χ2n) is 7.94. The number of halogens is 1. The van der Waals surface area contributed by atoms with Crippen molar-refractivity contribution in [2.45, 2.75) is 31.1 Å². The minimum atomic E-state index is -0.433. The van der Waals surface area contributed by atoms with Gasteiger partial charge in [-0.1, -0.05) is 66.2 Å². The normalized spacial score (nSPS) is 14.0. The van der Waals surface area contributed by atoms with Crippen LogP contribution in [0.15, 0.2) is 78.9 Å². The van der Waals surface area contributed by atoms with Crippen molar-refractivity contribution in [1.29, 1.82) is 0 Å². The molecule has 5 heteroatoms. The molecular weight excluding hydrogens is 408 g/mol. The van der Waals surface area contributed by atoms with E-state index < -0.39 is 5.41 Å². The number of hydrogen-bond acceptors (Lipinski definition) is 2. The molecule has 1 aliphatic rings. The summed E-state index contributed by atoms with van der Waals surface area (Å²) in [4.78, 5) is 25.3. The van der Waals surface area contributed by atoms with E-state index in [1.54, 1.807) is 24.3 Å². The number of carbonyl (C=O) groups excluding carboxylic acids is 2. The van der Waals surface area contributed by atoms with Crippen molar-refractivity contribution in [2.75, 3.05) is 11.9 Å². The van der Waals surface area contributed by atoms with Crippen molar-refractivity contribution in [1.82, 2.24) is 5.32 Å². The number of amides is 2. The molecule has 158 valence electrons. The lowest BCUT2D eigenvalue weighted by molar-refractivity contribution is -0.123. The molecule has 0 unspecified atom stereocenters. The third kappa shape index (κ3) is 4.97. The van der Waals surface area contributed by atoms with Crippen LogP contribution < -0.4 is 10.6 Å². The largest absolute Gasteiger partial charge is 0.355 e. The molecule has 0 spiro atoms. The van der Waals surface area contributed by atoms with Gasteiger partial charge in [-0.25, -0.2) is 0 Å². The van der Waals surface area contributed by atoms with E-state index in [9.17, 15) is 9.59 Å². The molecule has 0 bridgehead atoms. The molecule has 0 aliphatic heterocycles. The predicted molar refractivity (Wildman–Crippen MR) is 125 cm³/mol. The highest BCUT2D eigenvalue weighted by Crippen LogP contribution is 2.48. The standard InChI is InChI=1S/C26H25ClN2O2/c27-23-11-5-4-10-22(23)24(30)29-21-14-12-20(13-15-21)26(16-17-26)25(31)28-18-6-9-19-7-2-1-3-8-19/h1-5,7-8,10-15H,6,9,16-18H2,(H,28,31)(H,29,30). The number of nitrogens with one attached hydrogen (secondary N) is 2. The fourth-order valence-electron chi connectivity index (χ4n) is 3.80. The van der Waals surface area contributed by atoms with Gasteiger partial charge < -0.3 is 10.6 Å². The van der Waals surface area contributed by atoms with Gasteiger partial charge in [0.25, 0.3) is 5.91 Å². The van der Waals surface area contributed by atoms with E-state index in [0.29, 0.717) is 22.8 Å². The SMILES string of the molecule is O=C(Nc1ccc(C2(C(=O)NCCCc3ccccc3)CC2)cc1)c1ccccc1Cl. The smallest absolute Gasteiger partial charge is 0.257 e. The summed E-state index contributed by atoms with van der Waals surface area (Å²) in [6, 6.07) is 24.8. The molecule has 4 rings (SSSR count). The van der Waals surface area contributed by atoms with E-state index in [0.717, 1.165) is 31.2 Å². The van der Waals surface area contributed by atoms with Crippen LogP contribution in [0.1, 0.15) is 40.7 Å². The molecule has 0 aromatic heterocycles. The van der Waals surface area contributed by atoms with Crippen LogP contribution in [0, 0.1) is 0 Å². The van der Waals surface area contributed by atoms with Gasteiger partial charge in [-0.05, 0) is 61.1 Å². The molecule has 31 heavy (non-hydrogen) atoms. The number of hydrogen-bond donors (Lipinski definition) is 2. The zero-order valence-corrected chi connectivity index (χ0v) is 18.0. The van der Waals surface area contributed by atoms with Gasteiger partial charge in [0, 0.05) is 12.2 Å². The average molecular weight is 433 g/mol. The topological polar surface area (TPSA) is 58.2 Å². The van der Waals surface area contributed by atoms with Gasteiger partial charge in [0.05, 0.1) is 16.0 Å². The van der Waals surface area contributed by atoms with Crippen molar-refractivity contribution in [3.05, 3.63) is 101 Å². The average Bonchev–Trinajstić information content (AvgIpc) is 3.60. The molecule has 2 N–H and O–H groups in total. The maximum Gasteiger partial charge on any atom is 0.257 e. The molecule has 3 aromatic rings. The van der Waals surface area contributed by atoms with Crippen LogP contribution in [0.4, 0.5) is 5.69 Å². The van der Waals surface area contributed by atoms with E-state index in [1.165, 1.54) is 5.56 Å². The van der Waals surface area contributed by atoms with E-state index in [-0.39, 0.29) is 11.8 Å². The second-order valence-corrected chi connectivity index (χ2v) is 8.35. The van der Waals surface area contributed by atoms with Crippen LogP contribution >= 0.6 is 11.6 Å². The summed E-state index contributed by atoms with van der Waals surface area (Å²) >= 11 is 6.10. The fraction of sp³-hybridized carbons (Fsp3) is 0.231. The Morgan fingerprint density at radius 2 is 1.55 bits per heavy atom. The maximum absolute atomic E-state index is 12.8. The van der Waals surface area contributed by atoms with E-state index >= 15 is 0 Å². The first-order valence-corrected chi connectivity index (χ1v) is 10.9. The quantitative estimate of drug-likeness (QED) is 0.470. The minimum Gasteiger partial charge on any atom is -0.355 e. The lowest BCUT2D eigenvalue weighted by atomic mass is 9.94. The van der Waals surface area contributed by atoms with Gasteiger partial charge in [-0.2, -0.15) is 0 Å². The van der Waals surface area contributed by atoms with Gasteiger partial charge in [0.2, 0.25) is 5.91 Å². The molecule has 2 amide bonds. The molecule has 1 saturated carbocycles. The zero-order chi connectivity index (χ0) is 21.7. The fourth-order valence-corrected chi connectivity index (χ4v) is 4.02. The Balaban J connectivity index is 1.32. The minimum absolute atomic E-state index is 0.0911. The van der Waals surface area contributed by atoms with Crippen molar-refractivity contribution < 1.29 is 9.59 Å². The highest BCUT2D eigenvalue weighted by molar-refractivity contribution is 6.34. The number of anilines is 1. The second kappa shape index (κ2) is 9.36. The number of benzene rings is 3. The zero-order valence-electron chi connectivity index (χ0n) is 17.2. The number of carbonyl (C=O) groups is 2. The van der Waals surface area contributed by atoms with Crippen LogP contribution in [-0.4, -0.2) is 18.4 Å². The third-order valence-corrected chi connectivity index (χ3v) is 6.10. The molecular formula is C26H25ClN2O2. The van der Waals surface area contributed by atoms with Crippen LogP contribution in [-0.2, 0) is 16.6 Å². The predicted octanol–water partition coefficient (Wildman–Crippen LogP) is 5.37. The summed E-state index contributed by atoms with van der Waals surface area (Å²) in [7, 11) is 0. The maximum atomic E-state index is 12.8. The molecule has 4 nitrogen and oxygen atoms in total. The number of aryl methyl sites for hydroxylation is 1. The van der Waals surface area contributed by atoms with Crippen molar-refractivity contribution in [3.8, 4) is 0 Å². The highest BCUT2D eigenvalue weighted by Gasteiger charge is 2.50. The summed E-state index contributed by atoms with van der Waals surface area (Å²) in [5.74, 6) is -0.163. The Bertz CT molecular complexity index is 1060. The molecule has 0 heterocycles. The van der Waals surface area contributed by atoms with Crippen LogP contribution in [0.25, 0.3) is 0 Å². The Morgan fingerprint density at radius 3 is 2.23 bits per heavy atom. The molecule has 0 atom stereocenters. The van der Waals surface area contributed by atoms with Gasteiger partial charge in [0.15, 0.2) is 0 Å². The van der Waals surface area contributed by atoms with E-state index in [4.69, 9.17) is 11.6 Å². The molecule has 1 aliphatic carbocycles. The summed E-state index contributed by atoms with van der Waals surface area (Å²) in [5.41, 5.74) is 2.95. The molecule has 3 aromatic carbocycles. The van der Waals surface area contributed by atoms with Crippen LogP contribution in [0.3, 0.4) is 0 Å². The molecule has 0 saturated heterocycles. The summed E-state index contributed by atoms with van der Waals surface area (Å²) in [6.07, 6.45) is 3.57. The lowest BCUT2D eigenvalue weighted by Crippen LogP contribution is -2.35. The third-order valence-electron chi connectivity index (χ3n) is 5.77. The molecule has 1 fully saturated rings. The first-order chi connectivity index (χ1) is 15.1. The van der Waals surface area contributed by atoms with Crippen molar-refractivity contribution >= 4 is 29.1 Å². The van der Waals surface area contributed by atoms with Gasteiger partial charge >= 0.3 is 0 Å². The van der Waals surface area contributed by atoms with Crippen molar-refractivity contribution in [3.63, 3.8) is 0 Å². The Labute approximate surface area is 187 Å². The first kappa shape index (κ1) is 21.1. The Morgan fingerprint density at radius 1 is 0.871 bits per heavy atom. The first-order valence-electron chi connectivity index (χ1n) is 10.6. The summed E-state index contributed by atoms with van der Waals surface area (Å²) < 4.78 is 0. The summed E-state index contributed by atoms with van der Waals surface area (Å²) in [6.45, 7) is 0.668. The monoisotopic (exact) mass is 432 g/mol.